The minimum atomic E-state index is 0.0958. The number of carbonyl (C=O) groups is 1. The second-order valence-corrected chi connectivity index (χ2v) is 6.05. The Bertz CT molecular complexity index is 725. The molecule has 0 atom stereocenters. The number of nitrogens with zero attached hydrogens (tertiary/aromatic N) is 1. The molecule has 2 aromatic carbocycles. The fourth-order valence-electron chi connectivity index (χ4n) is 2.63. The number of hydrogen-bond acceptors (Lipinski definition) is 3. The van der Waals surface area contributed by atoms with Crippen LogP contribution in [-0.4, -0.2) is 32.1 Å². The van der Waals surface area contributed by atoms with Gasteiger partial charge in [0.2, 0.25) is 5.91 Å². The van der Waals surface area contributed by atoms with Crippen LogP contribution in [0.4, 0.5) is 0 Å². The van der Waals surface area contributed by atoms with Gasteiger partial charge in [-0.3, -0.25) is 4.79 Å². The molecule has 128 valence electrons. The fourth-order valence-corrected chi connectivity index (χ4v) is 2.63. The van der Waals surface area contributed by atoms with Crippen LogP contribution in [0.5, 0.6) is 11.5 Å². The van der Waals surface area contributed by atoms with E-state index in [9.17, 15) is 4.79 Å². The first-order valence-corrected chi connectivity index (χ1v) is 7.95. The average molecular weight is 327 g/mol. The summed E-state index contributed by atoms with van der Waals surface area (Å²) in [6.07, 6.45) is 0.414. The van der Waals surface area contributed by atoms with Crippen molar-refractivity contribution in [3.63, 3.8) is 0 Å². The molecule has 0 bridgehead atoms. The van der Waals surface area contributed by atoms with Crippen LogP contribution in [0.2, 0.25) is 0 Å². The van der Waals surface area contributed by atoms with E-state index in [0.717, 1.165) is 16.7 Å². The van der Waals surface area contributed by atoms with Gasteiger partial charge in [0, 0.05) is 13.6 Å². The minimum Gasteiger partial charge on any atom is -0.493 e. The molecule has 0 aromatic heterocycles. The molecular formula is C20H25NO3. The second kappa shape index (κ2) is 7.86. The van der Waals surface area contributed by atoms with Crippen molar-refractivity contribution in [3.05, 3.63) is 58.7 Å². The van der Waals surface area contributed by atoms with Crippen LogP contribution >= 0.6 is 0 Å². The molecule has 0 aliphatic rings. The highest BCUT2D eigenvalue weighted by molar-refractivity contribution is 5.79. The highest BCUT2D eigenvalue weighted by Gasteiger charge is 2.13. The van der Waals surface area contributed by atoms with Crippen molar-refractivity contribution in [2.45, 2.75) is 26.8 Å². The fraction of sp³-hybridized carbons (Fsp3) is 0.350. The van der Waals surface area contributed by atoms with Crippen molar-refractivity contribution < 1.29 is 14.3 Å². The Kier molecular flexibility index (Phi) is 5.85. The number of benzene rings is 2. The molecule has 0 radical (unpaired) electrons. The van der Waals surface area contributed by atoms with E-state index >= 15 is 0 Å². The molecule has 2 rings (SSSR count). The quantitative estimate of drug-likeness (QED) is 0.815. The van der Waals surface area contributed by atoms with E-state index in [4.69, 9.17) is 9.47 Å². The molecule has 0 N–H and O–H groups in total. The summed E-state index contributed by atoms with van der Waals surface area (Å²) in [6, 6.07) is 11.9. The highest BCUT2D eigenvalue weighted by Crippen LogP contribution is 2.28. The molecular weight excluding hydrogens is 302 g/mol. The number of carbonyl (C=O) groups excluding carboxylic acids is 1. The van der Waals surface area contributed by atoms with Crippen molar-refractivity contribution in [3.8, 4) is 11.5 Å². The van der Waals surface area contributed by atoms with Gasteiger partial charge in [-0.25, -0.2) is 0 Å². The van der Waals surface area contributed by atoms with E-state index in [1.165, 1.54) is 5.56 Å². The van der Waals surface area contributed by atoms with Crippen LogP contribution in [0.3, 0.4) is 0 Å². The first kappa shape index (κ1) is 17.9. The van der Waals surface area contributed by atoms with E-state index in [1.807, 2.05) is 39.1 Å². The Morgan fingerprint density at radius 2 is 1.71 bits per heavy atom. The van der Waals surface area contributed by atoms with E-state index < -0.39 is 0 Å². The van der Waals surface area contributed by atoms with Crippen molar-refractivity contribution in [2.24, 2.45) is 0 Å². The van der Waals surface area contributed by atoms with Crippen molar-refractivity contribution in [1.29, 1.82) is 0 Å². The largest absolute Gasteiger partial charge is 0.493 e. The van der Waals surface area contributed by atoms with Gasteiger partial charge in [0.25, 0.3) is 0 Å². The topological polar surface area (TPSA) is 38.8 Å². The van der Waals surface area contributed by atoms with Crippen LogP contribution in [0, 0.1) is 13.8 Å². The first-order chi connectivity index (χ1) is 11.4. The van der Waals surface area contributed by atoms with Gasteiger partial charge in [-0.15, -0.1) is 0 Å². The number of ether oxygens (including phenoxy) is 2. The normalized spacial score (nSPS) is 10.4. The lowest BCUT2D eigenvalue weighted by atomic mass is 10.0. The summed E-state index contributed by atoms with van der Waals surface area (Å²) in [4.78, 5) is 14.3. The maximum Gasteiger partial charge on any atom is 0.227 e. The maximum absolute atomic E-state index is 12.5. The molecule has 24 heavy (non-hydrogen) atoms. The Labute approximate surface area is 144 Å². The predicted octanol–water partition coefficient (Wildman–Crippen LogP) is 3.52. The third-order valence-corrected chi connectivity index (χ3v) is 4.14. The van der Waals surface area contributed by atoms with E-state index in [1.54, 1.807) is 19.1 Å². The van der Waals surface area contributed by atoms with Gasteiger partial charge >= 0.3 is 0 Å². The molecule has 0 aliphatic carbocycles. The van der Waals surface area contributed by atoms with Gasteiger partial charge < -0.3 is 14.4 Å². The Hall–Kier alpha value is -2.49. The smallest absolute Gasteiger partial charge is 0.227 e. The molecule has 0 heterocycles. The van der Waals surface area contributed by atoms with Crippen molar-refractivity contribution >= 4 is 5.91 Å². The Morgan fingerprint density at radius 1 is 1.00 bits per heavy atom. The standard InChI is InChI=1S/C20H25NO3/c1-14-6-7-15(2)17(10-14)12-20(22)21(3)13-16-8-9-18(23-4)19(11-16)24-5/h6-11H,12-13H2,1-5H3. The lowest BCUT2D eigenvalue weighted by Crippen LogP contribution is -2.28. The lowest BCUT2D eigenvalue weighted by molar-refractivity contribution is -0.129. The summed E-state index contributed by atoms with van der Waals surface area (Å²) in [6.45, 7) is 4.61. The summed E-state index contributed by atoms with van der Waals surface area (Å²) >= 11 is 0. The molecule has 0 aliphatic heterocycles. The van der Waals surface area contributed by atoms with Gasteiger partial charge in [0.05, 0.1) is 20.6 Å². The molecule has 2 aromatic rings. The molecule has 1 amide bonds. The van der Waals surface area contributed by atoms with E-state index in [2.05, 4.69) is 18.2 Å². The monoisotopic (exact) mass is 327 g/mol. The summed E-state index contributed by atoms with van der Waals surface area (Å²) in [5, 5.41) is 0. The third-order valence-electron chi connectivity index (χ3n) is 4.14. The van der Waals surface area contributed by atoms with Gasteiger partial charge in [-0.1, -0.05) is 29.8 Å². The zero-order valence-corrected chi connectivity index (χ0v) is 15.1. The average Bonchev–Trinajstić information content (AvgIpc) is 2.57. The number of likely N-dealkylation sites (N-methyl/N-ethyl adjacent to an activating group) is 1. The molecule has 0 fully saturated rings. The minimum absolute atomic E-state index is 0.0958. The predicted molar refractivity (Wildman–Crippen MR) is 95.6 cm³/mol. The molecule has 4 nitrogen and oxygen atoms in total. The number of aryl methyl sites for hydroxylation is 2. The summed E-state index contributed by atoms with van der Waals surface area (Å²) < 4.78 is 10.6. The van der Waals surface area contributed by atoms with Gasteiger partial charge in [-0.05, 0) is 42.7 Å². The van der Waals surface area contributed by atoms with Crippen molar-refractivity contribution in [2.75, 3.05) is 21.3 Å². The number of amides is 1. The molecule has 0 saturated heterocycles. The zero-order chi connectivity index (χ0) is 17.7. The number of hydrogen-bond donors (Lipinski definition) is 0. The second-order valence-electron chi connectivity index (χ2n) is 6.05. The van der Waals surface area contributed by atoms with Gasteiger partial charge in [0.15, 0.2) is 11.5 Å². The Morgan fingerprint density at radius 3 is 2.38 bits per heavy atom. The van der Waals surface area contributed by atoms with Crippen LogP contribution in [0.1, 0.15) is 22.3 Å². The van der Waals surface area contributed by atoms with Gasteiger partial charge in [-0.2, -0.15) is 0 Å². The van der Waals surface area contributed by atoms with Crippen LogP contribution in [0.15, 0.2) is 36.4 Å². The van der Waals surface area contributed by atoms with E-state index in [0.29, 0.717) is 24.5 Å². The molecule has 0 spiro atoms. The number of methoxy groups -OCH3 is 2. The van der Waals surface area contributed by atoms with Crippen LogP contribution in [0.25, 0.3) is 0 Å². The van der Waals surface area contributed by atoms with Crippen LogP contribution < -0.4 is 9.47 Å². The molecule has 0 unspecified atom stereocenters. The summed E-state index contributed by atoms with van der Waals surface area (Å²) in [7, 11) is 5.04. The zero-order valence-electron chi connectivity index (χ0n) is 15.1. The number of rotatable bonds is 6. The summed E-state index contributed by atoms with van der Waals surface area (Å²) in [5.41, 5.74) is 4.41. The summed E-state index contributed by atoms with van der Waals surface area (Å²) in [5.74, 6) is 1.45. The van der Waals surface area contributed by atoms with Crippen LogP contribution in [-0.2, 0) is 17.8 Å². The van der Waals surface area contributed by atoms with E-state index in [-0.39, 0.29) is 5.91 Å². The Balaban J connectivity index is 2.07. The lowest BCUT2D eigenvalue weighted by Gasteiger charge is -2.19. The van der Waals surface area contributed by atoms with Gasteiger partial charge in [0.1, 0.15) is 0 Å². The highest BCUT2D eigenvalue weighted by atomic mass is 16.5. The first-order valence-electron chi connectivity index (χ1n) is 7.95. The third kappa shape index (κ3) is 4.28. The maximum atomic E-state index is 12.5. The SMILES string of the molecule is COc1ccc(CN(C)C(=O)Cc2cc(C)ccc2C)cc1OC. The van der Waals surface area contributed by atoms with Crippen molar-refractivity contribution in [1.82, 2.24) is 4.90 Å². The molecule has 0 saturated carbocycles. The molecule has 4 heteroatoms.